The van der Waals surface area contributed by atoms with Crippen LogP contribution in [-0.4, -0.2) is 75.1 Å². The number of nitrogens with zero attached hydrogens (tertiary/aromatic N) is 2. The molecule has 5 atom stereocenters. The van der Waals surface area contributed by atoms with Crippen LogP contribution >= 0.6 is 0 Å². The summed E-state index contributed by atoms with van der Waals surface area (Å²) in [6, 6.07) is 5.42. The molecule has 4 amide bonds. The zero-order valence-electron chi connectivity index (χ0n) is 27.1. The highest BCUT2D eigenvalue weighted by Crippen LogP contribution is 2.47. The van der Waals surface area contributed by atoms with Crippen molar-refractivity contribution in [3.05, 3.63) is 36.4 Å². The SMILES string of the molecule is CC1(NC(=O)[C@@]23C[C@H]2/C=C\CCCCC[C@H](NC(=O)OC(C)(C)C)C(=O)N2C[C@H](Oc4nc5ccccc5o4)C[C@H]2C(=O)N3)CC1. The van der Waals surface area contributed by atoms with Gasteiger partial charge in [-0.05, 0) is 78.4 Å². The number of carbonyl (C=O) groups is 4. The van der Waals surface area contributed by atoms with Crippen molar-refractivity contribution in [1.29, 1.82) is 0 Å². The number of alkyl carbamates (subject to hydrolysis) is 1. The Bertz CT molecular complexity index is 1490. The number of hydrogen-bond donors (Lipinski definition) is 3. The molecule has 3 heterocycles. The lowest BCUT2D eigenvalue weighted by Crippen LogP contribution is -2.58. The van der Waals surface area contributed by atoms with Gasteiger partial charge in [0.1, 0.15) is 34.8 Å². The number of aromatic nitrogens is 1. The second-order valence-electron chi connectivity index (χ2n) is 14.5. The van der Waals surface area contributed by atoms with E-state index in [0.717, 1.165) is 32.1 Å². The molecule has 2 aromatic rings. The van der Waals surface area contributed by atoms with E-state index in [1.165, 1.54) is 4.90 Å². The van der Waals surface area contributed by atoms with Gasteiger partial charge in [0, 0.05) is 17.9 Å². The first-order valence-electron chi connectivity index (χ1n) is 16.5. The molecule has 46 heavy (non-hydrogen) atoms. The number of amides is 4. The van der Waals surface area contributed by atoms with Crippen molar-refractivity contribution in [1.82, 2.24) is 25.8 Å². The van der Waals surface area contributed by atoms with Crippen LogP contribution in [0.2, 0.25) is 0 Å². The van der Waals surface area contributed by atoms with Crippen molar-refractivity contribution < 1.29 is 33.1 Å². The highest BCUT2D eigenvalue weighted by atomic mass is 16.6. The molecule has 1 aromatic carbocycles. The fourth-order valence-corrected chi connectivity index (χ4v) is 6.36. The van der Waals surface area contributed by atoms with Crippen LogP contribution in [0.4, 0.5) is 4.79 Å². The highest BCUT2D eigenvalue weighted by Gasteiger charge is 2.62. The monoisotopic (exact) mass is 635 g/mol. The van der Waals surface area contributed by atoms with E-state index in [9.17, 15) is 19.2 Å². The predicted octanol–water partition coefficient (Wildman–Crippen LogP) is 4.13. The van der Waals surface area contributed by atoms with Crippen LogP contribution in [0.25, 0.3) is 11.1 Å². The molecule has 2 aliphatic carbocycles. The predicted molar refractivity (Wildman–Crippen MR) is 169 cm³/mol. The average molecular weight is 636 g/mol. The summed E-state index contributed by atoms with van der Waals surface area (Å²) < 4.78 is 17.4. The molecule has 4 aliphatic rings. The molecule has 3 fully saturated rings. The third kappa shape index (κ3) is 7.15. The fourth-order valence-electron chi connectivity index (χ4n) is 6.36. The number of oxazole rings is 1. The maximum absolute atomic E-state index is 14.2. The number of hydrogen-bond acceptors (Lipinski definition) is 8. The number of allylic oxidation sites excluding steroid dienone is 1. The van der Waals surface area contributed by atoms with E-state index >= 15 is 0 Å². The van der Waals surface area contributed by atoms with E-state index in [1.54, 1.807) is 32.9 Å². The molecule has 0 spiro atoms. The van der Waals surface area contributed by atoms with Crippen LogP contribution in [0.15, 0.2) is 40.8 Å². The van der Waals surface area contributed by atoms with Gasteiger partial charge in [-0.15, -0.1) is 0 Å². The molecular weight excluding hydrogens is 590 g/mol. The largest absolute Gasteiger partial charge is 0.445 e. The summed E-state index contributed by atoms with van der Waals surface area (Å²) in [7, 11) is 0. The normalized spacial score (nSPS) is 30.1. The topological polar surface area (TPSA) is 152 Å². The molecule has 0 unspecified atom stereocenters. The third-order valence-electron chi connectivity index (χ3n) is 9.29. The number of fused-ring (bicyclic) bond motifs is 3. The lowest BCUT2D eigenvalue weighted by atomic mass is 10.0. The van der Waals surface area contributed by atoms with Crippen LogP contribution in [0.5, 0.6) is 6.08 Å². The van der Waals surface area contributed by atoms with Crippen molar-refractivity contribution in [3.8, 4) is 6.08 Å². The van der Waals surface area contributed by atoms with Gasteiger partial charge in [-0.25, -0.2) is 4.79 Å². The number of benzene rings is 1. The van der Waals surface area contributed by atoms with E-state index in [0.29, 0.717) is 30.4 Å². The van der Waals surface area contributed by atoms with Crippen molar-refractivity contribution in [2.45, 2.75) is 120 Å². The van der Waals surface area contributed by atoms with Crippen LogP contribution in [0.1, 0.15) is 85.5 Å². The Morgan fingerprint density at radius 3 is 2.65 bits per heavy atom. The molecule has 0 radical (unpaired) electrons. The molecule has 2 saturated carbocycles. The zero-order valence-corrected chi connectivity index (χ0v) is 27.1. The number of rotatable bonds is 5. The van der Waals surface area contributed by atoms with Crippen LogP contribution in [0, 0.1) is 5.92 Å². The lowest BCUT2D eigenvalue weighted by molar-refractivity contribution is -0.141. The zero-order chi connectivity index (χ0) is 32.7. The van der Waals surface area contributed by atoms with E-state index in [4.69, 9.17) is 13.9 Å². The van der Waals surface area contributed by atoms with Gasteiger partial charge >= 0.3 is 12.2 Å². The van der Waals surface area contributed by atoms with Crippen molar-refractivity contribution in [2.24, 2.45) is 5.92 Å². The molecule has 6 rings (SSSR count). The van der Waals surface area contributed by atoms with Gasteiger partial charge in [0.15, 0.2) is 5.58 Å². The summed E-state index contributed by atoms with van der Waals surface area (Å²) in [6.45, 7) is 7.35. The molecule has 1 aromatic heterocycles. The minimum Gasteiger partial charge on any atom is -0.445 e. The molecule has 248 valence electrons. The smallest absolute Gasteiger partial charge is 0.408 e. The summed E-state index contributed by atoms with van der Waals surface area (Å²) in [4.78, 5) is 60.7. The second-order valence-corrected chi connectivity index (χ2v) is 14.5. The van der Waals surface area contributed by atoms with Gasteiger partial charge in [-0.2, -0.15) is 4.98 Å². The highest BCUT2D eigenvalue weighted by molar-refractivity contribution is 5.98. The summed E-state index contributed by atoms with van der Waals surface area (Å²) in [5.74, 6) is -1.17. The molecule has 12 nitrogen and oxygen atoms in total. The van der Waals surface area contributed by atoms with Gasteiger partial charge in [-0.1, -0.05) is 37.1 Å². The van der Waals surface area contributed by atoms with E-state index in [1.807, 2.05) is 25.1 Å². The number of ether oxygens (including phenoxy) is 2. The Kier molecular flexibility index (Phi) is 8.49. The maximum Gasteiger partial charge on any atom is 0.408 e. The Balaban J connectivity index is 1.27. The minimum atomic E-state index is -1.08. The summed E-state index contributed by atoms with van der Waals surface area (Å²) in [5.41, 5.74) is -0.890. The fraction of sp³-hybridized carbons (Fsp3) is 0.618. The van der Waals surface area contributed by atoms with Gasteiger partial charge in [0.2, 0.25) is 17.7 Å². The summed E-state index contributed by atoms with van der Waals surface area (Å²) in [6.07, 6.45) is 8.95. The Labute approximate surface area is 269 Å². The first kappa shape index (κ1) is 31.9. The maximum atomic E-state index is 14.2. The number of carbonyl (C=O) groups excluding carboxylic acids is 4. The van der Waals surface area contributed by atoms with Crippen LogP contribution < -0.4 is 20.7 Å². The first-order valence-corrected chi connectivity index (χ1v) is 16.5. The first-order chi connectivity index (χ1) is 21.8. The lowest BCUT2D eigenvalue weighted by Gasteiger charge is -2.30. The van der Waals surface area contributed by atoms with Crippen molar-refractivity contribution >= 4 is 34.9 Å². The molecule has 0 bridgehead atoms. The summed E-state index contributed by atoms with van der Waals surface area (Å²) >= 11 is 0. The molecule has 2 aliphatic heterocycles. The Morgan fingerprint density at radius 2 is 1.91 bits per heavy atom. The quantitative estimate of drug-likeness (QED) is 0.415. The van der Waals surface area contributed by atoms with Gasteiger partial charge < -0.3 is 34.7 Å². The third-order valence-corrected chi connectivity index (χ3v) is 9.29. The number of nitrogens with one attached hydrogen (secondary N) is 3. The standard InChI is InChI=1S/C34H45N5O7/c1-32(2,3)46-30(43)35-24-14-9-7-5-6-8-12-21-19-34(21,29(42)38-33(4)16-17-33)37-27(40)25-18-22(20-39(25)28(24)41)44-31-36-23-13-10-11-15-26(23)45-31/h8,10-13,15,21-22,24-25H,5-7,9,14,16-20H2,1-4H3,(H,35,43)(H,37,40)(H,38,42)/b12-8-/t21-,22-,24+,25+,34-/m1/s1. The van der Waals surface area contributed by atoms with Crippen molar-refractivity contribution in [3.63, 3.8) is 0 Å². The van der Waals surface area contributed by atoms with Crippen LogP contribution in [0.3, 0.4) is 0 Å². The molecule has 3 N–H and O–H groups in total. The van der Waals surface area contributed by atoms with Gasteiger partial charge in [-0.3, -0.25) is 14.4 Å². The molecule has 1 saturated heterocycles. The minimum absolute atomic E-state index is 0.0474. The number of para-hydroxylation sites is 2. The summed E-state index contributed by atoms with van der Waals surface area (Å²) in [5, 5.41) is 8.98. The van der Waals surface area contributed by atoms with E-state index in [-0.39, 0.29) is 36.4 Å². The van der Waals surface area contributed by atoms with E-state index < -0.39 is 47.2 Å². The van der Waals surface area contributed by atoms with Gasteiger partial charge in [0.25, 0.3) is 0 Å². The Morgan fingerprint density at radius 1 is 1.13 bits per heavy atom. The molecule has 12 heteroatoms. The van der Waals surface area contributed by atoms with Crippen LogP contribution in [-0.2, 0) is 19.1 Å². The second kappa shape index (κ2) is 12.3. The van der Waals surface area contributed by atoms with Gasteiger partial charge in [0.05, 0.1) is 6.54 Å². The average Bonchev–Trinajstić information content (AvgIpc) is 3.75. The van der Waals surface area contributed by atoms with E-state index in [2.05, 4.69) is 27.0 Å². The molecular formula is C34H45N5O7. The van der Waals surface area contributed by atoms with Crippen molar-refractivity contribution in [2.75, 3.05) is 6.54 Å². The Hall–Kier alpha value is -4.09.